The van der Waals surface area contributed by atoms with E-state index < -0.39 is 20.4 Å². The molecule has 0 saturated heterocycles. The van der Waals surface area contributed by atoms with E-state index in [1.807, 2.05) is 0 Å². The maximum atomic E-state index is 6.09. The van der Waals surface area contributed by atoms with Crippen molar-refractivity contribution in [2.24, 2.45) is 13.5 Å². The number of hydrogen-bond acceptors (Lipinski definition) is 6. The topological polar surface area (TPSA) is 64.8 Å². The van der Waals surface area contributed by atoms with E-state index >= 15 is 0 Å². The average molecular weight is 332 g/mol. The first-order chi connectivity index (χ1) is 6.89. The molecule has 2 heterocycles. The van der Waals surface area contributed by atoms with Crippen LogP contribution in [0.3, 0.4) is 0 Å². The predicted molar refractivity (Wildman–Crippen MR) is 64.5 cm³/mol. The number of rotatable bonds is 1. The van der Waals surface area contributed by atoms with E-state index in [4.69, 9.17) is 47.3 Å². The van der Waals surface area contributed by atoms with Gasteiger partial charge >= 0.3 is 14.4 Å². The molecule has 2 rings (SSSR count). The molecule has 2 aliphatic rings. The Morgan fingerprint density at radius 3 is 2.40 bits per heavy atom. The molecule has 2 unspecified atom stereocenters. The summed E-state index contributed by atoms with van der Waals surface area (Å²) in [4.78, 5) is 0. The summed E-state index contributed by atoms with van der Waals surface area (Å²) < 4.78 is 27.9. The van der Waals surface area contributed by atoms with Gasteiger partial charge in [-0.05, 0) is 33.7 Å². The molecule has 0 aliphatic carbocycles. The largest absolute Gasteiger partial charge is 0.346 e. The molecule has 0 radical (unpaired) electrons. The van der Waals surface area contributed by atoms with Gasteiger partial charge in [-0.2, -0.15) is 13.5 Å². The van der Waals surface area contributed by atoms with E-state index in [2.05, 4.69) is 13.5 Å². The molecule has 0 spiro atoms. The summed E-state index contributed by atoms with van der Waals surface area (Å²) in [5.41, 5.74) is 0. The van der Waals surface area contributed by atoms with Crippen molar-refractivity contribution in [1.29, 1.82) is 0 Å². The van der Waals surface area contributed by atoms with Crippen molar-refractivity contribution in [3.63, 3.8) is 0 Å². The molecule has 0 fully saturated rings. The van der Waals surface area contributed by atoms with Crippen molar-refractivity contribution < 1.29 is 13.6 Å². The normalized spacial score (nSPS) is 43.2. The number of hydrogen-bond donors (Lipinski definition) is 0. The lowest BCUT2D eigenvalue weighted by atomic mass is 10.8. The lowest BCUT2D eigenvalue weighted by Gasteiger charge is -2.22. The zero-order valence-electron chi connectivity index (χ0n) is 7.46. The Kier molecular flexibility index (Phi) is 3.67. The van der Waals surface area contributed by atoms with E-state index in [1.165, 1.54) is 7.11 Å². The number of nitrogens with zero attached hydrogens (tertiary/aromatic N) is 3. The van der Waals surface area contributed by atoms with Crippen molar-refractivity contribution >= 4 is 54.1 Å². The fourth-order valence-electron chi connectivity index (χ4n) is 1.00. The van der Waals surface area contributed by atoms with Crippen molar-refractivity contribution in [2.75, 3.05) is 20.3 Å². The van der Waals surface area contributed by atoms with Gasteiger partial charge in [0.25, 0.3) is 5.91 Å². The van der Waals surface area contributed by atoms with Crippen molar-refractivity contribution in [3.05, 3.63) is 0 Å². The van der Waals surface area contributed by atoms with Gasteiger partial charge in [-0.3, -0.25) is 0 Å². The number of fused-ring (bicyclic) bond motifs is 1. The summed E-state index contributed by atoms with van der Waals surface area (Å²) in [6.45, 7) is -2.29. The van der Waals surface area contributed by atoms with Crippen LogP contribution in [0.1, 0.15) is 0 Å². The molecule has 0 saturated carbocycles. The minimum atomic E-state index is -2.90. The molecule has 12 heteroatoms. The zero-order chi connectivity index (χ0) is 11.2. The van der Waals surface area contributed by atoms with Crippen LogP contribution < -0.4 is 0 Å². The van der Waals surface area contributed by atoms with E-state index in [0.29, 0.717) is 0 Å². The summed E-state index contributed by atoms with van der Waals surface area (Å²) >= 11 is 17.9. The third-order valence-electron chi connectivity index (χ3n) is 1.50. The maximum Gasteiger partial charge on any atom is 0.346 e. The molecule has 2 aliphatic heterocycles. The van der Waals surface area contributed by atoms with Gasteiger partial charge in [-0.25, -0.2) is 0 Å². The third kappa shape index (κ3) is 2.82. The molecule has 2 bridgehead atoms. The van der Waals surface area contributed by atoms with Gasteiger partial charge in [0, 0.05) is 7.11 Å². The van der Waals surface area contributed by atoms with Gasteiger partial charge in [-0.15, -0.1) is 0 Å². The average Bonchev–Trinajstić information content (AvgIpc) is 2.21. The molecular weight excluding hydrogens is 325 g/mol. The minimum Gasteiger partial charge on any atom is -0.313 e. The molecule has 0 aromatic heterocycles. The molecule has 88 valence electrons. The Labute approximate surface area is 101 Å². The van der Waals surface area contributed by atoms with Crippen LogP contribution in [-0.2, 0) is 13.6 Å². The summed E-state index contributed by atoms with van der Waals surface area (Å²) in [7, 11) is -1.39. The van der Waals surface area contributed by atoms with Crippen LogP contribution in [0.2, 0.25) is 0 Å². The van der Waals surface area contributed by atoms with Crippen molar-refractivity contribution in [3.8, 4) is 0 Å². The van der Waals surface area contributed by atoms with Crippen LogP contribution in [0.15, 0.2) is 13.5 Å². The van der Waals surface area contributed by atoms with Crippen LogP contribution in [0.4, 0.5) is 0 Å². The van der Waals surface area contributed by atoms with Gasteiger partial charge in [0.05, 0.1) is 13.2 Å². The maximum absolute atomic E-state index is 6.09. The molecule has 0 aromatic carbocycles. The quantitative estimate of drug-likeness (QED) is 0.616. The number of halogens is 3. The van der Waals surface area contributed by atoms with Crippen molar-refractivity contribution in [2.45, 2.75) is 0 Å². The Bertz CT molecular complexity index is 444. The first kappa shape index (κ1) is 12.9. The monoisotopic (exact) mass is 331 g/mol. The van der Waals surface area contributed by atoms with Gasteiger partial charge in [0.1, 0.15) is 0 Å². The molecular formula is C3H7Cl3N3O3P3. The van der Waals surface area contributed by atoms with Crippen molar-refractivity contribution in [1.82, 2.24) is 0 Å². The SMILES string of the molecule is COP12=NP(Cl)(Cl)=NP(Cl)(=N1)OCCO2. The second-order valence-electron chi connectivity index (χ2n) is 2.54. The smallest absolute Gasteiger partial charge is 0.313 e. The van der Waals surface area contributed by atoms with E-state index in [0.717, 1.165) is 0 Å². The Balaban J connectivity index is 2.67. The summed E-state index contributed by atoms with van der Waals surface area (Å²) in [5, 5.41) is 0. The first-order valence-corrected chi connectivity index (χ1v) is 11.3. The second kappa shape index (κ2) is 4.28. The molecule has 0 aromatic rings. The summed E-state index contributed by atoms with van der Waals surface area (Å²) in [5.74, 6) is -2.90. The fraction of sp³-hybridized carbons (Fsp3) is 1.00. The van der Waals surface area contributed by atoms with Crippen LogP contribution >= 0.6 is 54.1 Å². The van der Waals surface area contributed by atoms with Crippen LogP contribution in [0.5, 0.6) is 0 Å². The molecule has 2 atom stereocenters. The lowest BCUT2D eigenvalue weighted by molar-refractivity contribution is 0.224. The highest BCUT2D eigenvalue weighted by Gasteiger charge is 2.38. The van der Waals surface area contributed by atoms with Gasteiger partial charge in [0.2, 0.25) is 0 Å². The summed E-state index contributed by atoms with van der Waals surface area (Å²) in [6.07, 6.45) is 0. The van der Waals surface area contributed by atoms with Gasteiger partial charge in [-0.1, -0.05) is 0 Å². The highest BCUT2D eigenvalue weighted by molar-refractivity contribution is 8.14. The predicted octanol–water partition coefficient (Wildman–Crippen LogP) is 5.25. The van der Waals surface area contributed by atoms with Crippen LogP contribution in [0.25, 0.3) is 0 Å². The highest BCUT2D eigenvalue weighted by atomic mass is 35.9. The Morgan fingerprint density at radius 2 is 1.73 bits per heavy atom. The molecule has 6 nitrogen and oxygen atoms in total. The van der Waals surface area contributed by atoms with Gasteiger partial charge < -0.3 is 13.6 Å². The van der Waals surface area contributed by atoms with E-state index in [9.17, 15) is 0 Å². The fourth-order valence-corrected chi connectivity index (χ4v) is 13.5. The second-order valence-corrected chi connectivity index (χ2v) is 13.1. The standard InChI is InChI=1S/C3H7Cl3N3O3P3/c1-10-15-8-13(4,5)7-14(6,9-15)11-2-3-12-15/h2-3H2,1H3. The van der Waals surface area contributed by atoms with Crippen LogP contribution in [-0.4, -0.2) is 20.3 Å². The molecule has 0 N–H and O–H groups in total. The van der Waals surface area contributed by atoms with Crippen LogP contribution in [0, 0.1) is 0 Å². The zero-order valence-corrected chi connectivity index (χ0v) is 12.4. The minimum absolute atomic E-state index is 0.276. The summed E-state index contributed by atoms with van der Waals surface area (Å²) in [6, 6.07) is 0. The van der Waals surface area contributed by atoms with E-state index in [1.54, 1.807) is 0 Å². The Hall–Kier alpha value is 1.44. The first-order valence-electron chi connectivity index (χ1n) is 3.74. The molecule has 15 heavy (non-hydrogen) atoms. The van der Waals surface area contributed by atoms with E-state index in [-0.39, 0.29) is 13.2 Å². The van der Waals surface area contributed by atoms with Gasteiger partial charge in [0.15, 0.2) is 0 Å². The third-order valence-corrected chi connectivity index (χ3v) is 12.2. The lowest BCUT2D eigenvalue weighted by Crippen LogP contribution is -1.96. The molecule has 0 amide bonds. The Morgan fingerprint density at radius 1 is 1.07 bits per heavy atom. The highest BCUT2D eigenvalue weighted by Crippen LogP contribution is 2.84.